The summed E-state index contributed by atoms with van der Waals surface area (Å²) in [5.41, 5.74) is 1.68. The summed E-state index contributed by atoms with van der Waals surface area (Å²) in [5.74, 6) is 0.0475. The minimum atomic E-state index is -4.40. The lowest BCUT2D eigenvalue weighted by molar-refractivity contribution is -0.137. The Balaban J connectivity index is 1.83. The summed E-state index contributed by atoms with van der Waals surface area (Å²) in [6.45, 7) is 3.34. The molecule has 27 heavy (non-hydrogen) atoms. The summed E-state index contributed by atoms with van der Waals surface area (Å²) >= 11 is 0. The van der Waals surface area contributed by atoms with Gasteiger partial charge in [0.1, 0.15) is 0 Å². The summed E-state index contributed by atoms with van der Waals surface area (Å²) < 4.78 is 39.3. The van der Waals surface area contributed by atoms with E-state index in [-0.39, 0.29) is 5.91 Å². The lowest BCUT2D eigenvalue weighted by Crippen LogP contribution is -2.36. The number of alkyl halides is 3. The number of aryl methyl sites for hydroxylation is 1. The largest absolute Gasteiger partial charge is 0.416 e. The molecule has 4 nitrogen and oxygen atoms in total. The molecule has 1 aromatic heterocycles. The first-order valence-electron chi connectivity index (χ1n) is 8.93. The number of carbonyl (C=O) groups is 1. The number of pyridine rings is 1. The van der Waals surface area contributed by atoms with Crippen LogP contribution >= 0.6 is 0 Å². The molecule has 1 aliphatic rings. The first kappa shape index (κ1) is 19.4. The molecule has 7 heteroatoms. The molecule has 1 atom stereocenters. The van der Waals surface area contributed by atoms with Crippen molar-refractivity contribution in [3.8, 4) is 0 Å². The third-order valence-corrected chi connectivity index (χ3v) is 4.85. The molecule has 1 aliphatic heterocycles. The number of hydrogen-bond donors (Lipinski definition) is 1. The van der Waals surface area contributed by atoms with E-state index in [1.165, 1.54) is 6.07 Å². The summed E-state index contributed by atoms with van der Waals surface area (Å²) in [5, 5.41) is 3.32. The molecule has 0 radical (unpaired) electrons. The summed E-state index contributed by atoms with van der Waals surface area (Å²) in [4.78, 5) is 18.0. The molecule has 2 heterocycles. The third kappa shape index (κ3) is 4.86. The van der Waals surface area contributed by atoms with Crippen LogP contribution in [0.3, 0.4) is 0 Å². The molecule has 0 saturated carbocycles. The quantitative estimate of drug-likeness (QED) is 0.831. The van der Waals surface area contributed by atoms with Crippen LogP contribution in [0.25, 0.3) is 0 Å². The topological polar surface area (TPSA) is 45.2 Å². The van der Waals surface area contributed by atoms with Crippen molar-refractivity contribution in [3.63, 3.8) is 0 Å². The maximum atomic E-state index is 13.1. The van der Waals surface area contributed by atoms with Crippen molar-refractivity contribution in [2.24, 2.45) is 0 Å². The summed E-state index contributed by atoms with van der Waals surface area (Å²) in [7, 11) is 0. The van der Waals surface area contributed by atoms with Crippen LogP contribution in [0.2, 0.25) is 0 Å². The van der Waals surface area contributed by atoms with Crippen molar-refractivity contribution in [1.29, 1.82) is 0 Å². The maximum absolute atomic E-state index is 13.1. The number of hydrogen-bond acceptors (Lipinski definition) is 3. The highest BCUT2D eigenvalue weighted by atomic mass is 19.4. The van der Waals surface area contributed by atoms with Crippen LogP contribution in [-0.2, 0) is 17.5 Å². The van der Waals surface area contributed by atoms with E-state index < -0.39 is 17.8 Å². The normalized spacial score (nSPS) is 16.0. The standard InChI is InChI=1S/C20H22F3N3O/c1-14-16(6-3-9-24-14)12-25-18(13-26-10-4-8-19(26)27)15-5-2-7-17(11-15)20(21,22)23/h2-3,5-7,9,11,18,25H,4,8,10,12-13H2,1H3/t18-/m1/s1. The van der Waals surface area contributed by atoms with Gasteiger partial charge in [-0.15, -0.1) is 0 Å². The zero-order valence-corrected chi connectivity index (χ0v) is 15.1. The lowest BCUT2D eigenvalue weighted by Gasteiger charge is -2.26. The Kier molecular flexibility index (Phi) is 5.79. The van der Waals surface area contributed by atoms with Crippen LogP contribution in [0.15, 0.2) is 42.6 Å². The minimum absolute atomic E-state index is 0.0475. The fourth-order valence-electron chi connectivity index (χ4n) is 3.27. The Morgan fingerprint density at radius 2 is 2.07 bits per heavy atom. The first-order chi connectivity index (χ1) is 12.8. The molecule has 1 saturated heterocycles. The number of rotatable bonds is 6. The van der Waals surface area contributed by atoms with Crippen LogP contribution in [0, 0.1) is 6.92 Å². The fraction of sp³-hybridized carbons (Fsp3) is 0.400. The molecule has 1 amide bonds. The smallest absolute Gasteiger partial charge is 0.341 e. The van der Waals surface area contributed by atoms with Gasteiger partial charge in [0.05, 0.1) is 11.6 Å². The van der Waals surface area contributed by atoms with Gasteiger partial charge in [-0.3, -0.25) is 9.78 Å². The summed E-state index contributed by atoms with van der Waals surface area (Å²) in [6.07, 6.45) is -1.41. The van der Waals surface area contributed by atoms with Crippen LogP contribution < -0.4 is 5.32 Å². The molecule has 3 rings (SSSR count). The van der Waals surface area contributed by atoms with Gasteiger partial charge in [0.25, 0.3) is 0 Å². The van der Waals surface area contributed by atoms with Crippen molar-refractivity contribution in [3.05, 3.63) is 65.0 Å². The highest BCUT2D eigenvalue weighted by molar-refractivity contribution is 5.78. The number of aromatic nitrogens is 1. The van der Waals surface area contributed by atoms with Crippen LogP contribution in [0.1, 0.15) is 41.3 Å². The van der Waals surface area contributed by atoms with Crippen molar-refractivity contribution in [2.45, 2.75) is 38.5 Å². The second-order valence-electron chi connectivity index (χ2n) is 6.75. The predicted molar refractivity (Wildman–Crippen MR) is 95.8 cm³/mol. The molecule has 0 bridgehead atoms. The Hall–Kier alpha value is -2.41. The zero-order chi connectivity index (χ0) is 19.4. The molecule has 0 aliphatic carbocycles. The molecule has 1 N–H and O–H groups in total. The monoisotopic (exact) mass is 377 g/mol. The predicted octanol–water partition coefficient (Wildman–Crippen LogP) is 3.86. The van der Waals surface area contributed by atoms with E-state index in [2.05, 4.69) is 10.3 Å². The average molecular weight is 377 g/mol. The average Bonchev–Trinajstić information content (AvgIpc) is 3.04. The van der Waals surface area contributed by atoms with E-state index in [0.29, 0.717) is 31.6 Å². The molecule has 1 fully saturated rings. The second-order valence-corrected chi connectivity index (χ2v) is 6.75. The van der Waals surface area contributed by atoms with Gasteiger partial charge in [0.15, 0.2) is 0 Å². The molecule has 0 unspecified atom stereocenters. The number of halogens is 3. The van der Waals surface area contributed by atoms with Gasteiger partial charge in [-0.05, 0) is 42.7 Å². The van der Waals surface area contributed by atoms with E-state index >= 15 is 0 Å². The van der Waals surface area contributed by atoms with Gasteiger partial charge < -0.3 is 10.2 Å². The van der Waals surface area contributed by atoms with Gasteiger partial charge in [-0.25, -0.2) is 0 Å². The van der Waals surface area contributed by atoms with Crippen LogP contribution in [0.4, 0.5) is 13.2 Å². The number of likely N-dealkylation sites (tertiary alicyclic amines) is 1. The van der Waals surface area contributed by atoms with Gasteiger partial charge >= 0.3 is 6.18 Å². The van der Waals surface area contributed by atoms with Crippen molar-refractivity contribution < 1.29 is 18.0 Å². The van der Waals surface area contributed by atoms with E-state index in [0.717, 1.165) is 29.8 Å². The Bertz CT molecular complexity index is 807. The van der Waals surface area contributed by atoms with E-state index in [9.17, 15) is 18.0 Å². The fourth-order valence-corrected chi connectivity index (χ4v) is 3.27. The SMILES string of the molecule is Cc1ncccc1CN[C@H](CN1CCCC1=O)c1cccc(C(F)(F)F)c1. The number of benzene rings is 1. The maximum Gasteiger partial charge on any atom is 0.416 e. The molecular weight excluding hydrogens is 355 g/mol. The number of amides is 1. The van der Waals surface area contributed by atoms with E-state index in [1.807, 2.05) is 19.1 Å². The molecule has 1 aromatic carbocycles. The second kappa shape index (κ2) is 8.08. The van der Waals surface area contributed by atoms with Crippen molar-refractivity contribution in [2.75, 3.05) is 13.1 Å². The summed E-state index contributed by atoms with van der Waals surface area (Å²) in [6, 6.07) is 8.67. The highest BCUT2D eigenvalue weighted by Gasteiger charge is 2.31. The third-order valence-electron chi connectivity index (χ3n) is 4.85. The van der Waals surface area contributed by atoms with Crippen molar-refractivity contribution >= 4 is 5.91 Å². The first-order valence-corrected chi connectivity index (χ1v) is 8.93. The highest BCUT2D eigenvalue weighted by Crippen LogP contribution is 2.31. The molecule has 2 aromatic rings. The van der Waals surface area contributed by atoms with Crippen LogP contribution in [0.5, 0.6) is 0 Å². The van der Waals surface area contributed by atoms with Gasteiger partial charge in [0, 0.05) is 37.9 Å². The Labute approximate surface area is 156 Å². The lowest BCUT2D eigenvalue weighted by atomic mass is 10.0. The van der Waals surface area contributed by atoms with Crippen molar-refractivity contribution in [1.82, 2.24) is 15.2 Å². The van der Waals surface area contributed by atoms with Gasteiger partial charge in [-0.1, -0.05) is 18.2 Å². The van der Waals surface area contributed by atoms with E-state index in [4.69, 9.17) is 0 Å². The van der Waals surface area contributed by atoms with E-state index in [1.54, 1.807) is 17.2 Å². The minimum Gasteiger partial charge on any atom is -0.341 e. The van der Waals surface area contributed by atoms with Crippen LogP contribution in [-0.4, -0.2) is 28.9 Å². The van der Waals surface area contributed by atoms with Gasteiger partial charge in [0.2, 0.25) is 5.91 Å². The molecule has 0 spiro atoms. The number of nitrogens with one attached hydrogen (secondary N) is 1. The number of carbonyl (C=O) groups excluding carboxylic acids is 1. The zero-order valence-electron chi connectivity index (χ0n) is 15.1. The Morgan fingerprint density at radius 1 is 1.26 bits per heavy atom. The molecule has 144 valence electrons. The van der Waals surface area contributed by atoms with Gasteiger partial charge in [-0.2, -0.15) is 13.2 Å². The molecular formula is C20H22F3N3O. The Morgan fingerprint density at radius 3 is 2.74 bits per heavy atom. The number of nitrogens with zero attached hydrogens (tertiary/aromatic N) is 2.